The molecule has 1 heterocycles. The first-order valence-corrected chi connectivity index (χ1v) is 8.71. The van der Waals surface area contributed by atoms with Gasteiger partial charge in [-0.05, 0) is 42.8 Å². The summed E-state index contributed by atoms with van der Waals surface area (Å²) in [6, 6.07) is 15.2. The first kappa shape index (κ1) is 17.0. The molecular formula is C19H17N3O2S. The highest BCUT2D eigenvalue weighted by atomic mass is 32.2. The predicted octanol–water partition coefficient (Wildman–Crippen LogP) is 4.31. The highest BCUT2D eigenvalue weighted by Gasteiger charge is 2.06. The molecule has 0 saturated carbocycles. The van der Waals surface area contributed by atoms with Crippen LogP contribution in [0.2, 0.25) is 0 Å². The van der Waals surface area contributed by atoms with Gasteiger partial charge in [-0.25, -0.2) is 4.98 Å². The number of anilines is 1. The first-order chi connectivity index (χ1) is 12.2. The fourth-order valence-electron chi connectivity index (χ4n) is 2.12. The molecule has 0 spiro atoms. The molecule has 0 saturated heterocycles. The van der Waals surface area contributed by atoms with Crippen LogP contribution in [0.1, 0.15) is 5.56 Å². The molecule has 0 aliphatic carbocycles. The van der Waals surface area contributed by atoms with E-state index in [9.17, 15) is 4.79 Å². The molecule has 0 unspecified atom stereocenters. The number of thioether (sulfide) groups is 1. The number of nitrogens with zero attached hydrogens (tertiary/aromatic N) is 2. The van der Waals surface area contributed by atoms with Crippen LogP contribution in [0.15, 0.2) is 72.0 Å². The number of benzene rings is 2. The average Bonchev–Trinajstić information content (AvgIpc) is 2.64. The molecule has 0 aliphatic rings. The van der Waals surface area contributed by atoms with Crippen LogP contribution in [0.3, 0.4) is 0 Å². The second-order valence-corrected chi connectivity index (χ2v) is 6.29. The van der Waals surface area contributed by atoms with Crippen molar-refractivity contribution in [2.24, 2.45) is 0 Å². The van der Waals surface area contributed by atoms with Gasteiger partial charge in [-0.1, -0.05) is 18.2 Å². The number of carbonyl (C=O) groups is 1. The maximum atomic E-state index is 12.1. The Labute approximate surface area is 150 Å². The lowest BCUT2D eigenvalue weighted by molar-refractivity contribution is -0.113. The highest BCUT2D eigenvalue weighted by Crippen LogP contribution is 2.23. The zero-order valence-corrected chi connectivity index (χ0v) is 14.5. The van der Waals surface area contributed by atoms with Crippen molar-refractivity contribution in [1.29, 1.82) is 0 Å². The van der Waals surface area contributed by atoms with Crippen molar-refractivity contribution in [3.63, 3.8) is 0 Å². The van der Waals surface area contributed by atoms with E-state index in [2.05, 4.69) is 15.3 Å². The van der Waals surface area contributed by atoms with E-state index in [1.165, 1.54) is 17.3 Å². The van der Waals surface area contributed by atoms with Crippen molar-refractivity contribution in [1.82, 2.24) is 9.97 Å². The van der Waals surface area contributed by atoms with Gasteiger partial charge in [-0.3, -0.25) is 9.78 Å². The molecule has 5 nitrogen and oxygen atoms in total. The third kappa shape index (κ3) is 5.06. The van der Waals surface area contributed by atoms with Crippen LogP contribution < -0.4 is 10.1 Å². The standard InChI is InChI=1S/C19H17N3O2S/c1-14-4-2-3-5-17(14)25-13-18(23)22-15-6-8-16(9-7-15)24-19-12-20-10-11-21-19/h2-12H,13H2,1H3,(H,22,23). The minimum atomic E-state index is -0.0455. The third-order valence-corrected chi connectivity index (χ3v) is 4.53. The zero-order chi connectivity index (χ0) is 17.5. The Morgan fingerprint density at radius 1 is 1.12 bits per heavy atom. The third-order valence-electron chi connectivity index (χ3n) is 3.35. The molecule has 0 radical (unpaired) electrons. The maximum absolute atomic E-state index is 12.1. The molecule has 6 heteroatoms. The van der Waals surface area contributed by atoms with E-state index in [-0.39, 0.29) is 5.91 Å². The fourth-order valence-corrected chi connectivity index (χ4v) is 2.95. The first-order valence-electron chi connectivity index (χ1n) is 7.73. The summed E-state index contributed by atoms with van der Waals surface area (Å²) < 4.78 is 5.57. The van der Waals surface area contributed by atoms with E-state index in [0.717, 1.165) is 10.6 Å². The molecule has 25 heavy (non-hydrogen) atoms. The molecule has 3 rings (SSSR count). The summed E-state index contributed by atoms with van der Waals surface area (Å²) in [7, 11) is 0. The smallest absolute Gasteiger partial charge is 0.237 e. The molecule has 3 aromatic rings. The Balaban J connectivity index is 1.52. The van der Waals surface area contributed by atoms with Crippen LogP contribution in [0.25, 0.3) is 0 Å². The van der Waals surface area contributed by atoms with Gasteiger partial charge in [-0.2, -0.15) is 0 Å². The summed E-state index contributed by atoms with van der Waals surface area (Å²) in [5.41, 5.74) is 1.90. The van der Waals surface area contributed by atoms with Crippen LogP contribution in [0.5, 0.6) is 11.6 Å². The minimum absolute atomic E-state index is 0.0455. The van der Waals surface area contributed by atoms with Crippen LogP contribution in [0, 0.1) is 6.92 Å². The van der Waals surface area contributed by atoms with Crippen molar-refractivity contribution in [3.05, 3.63) is 72.7 Å². The zero-order valence-electron chi connectivity index (χ0n) is 13.7. The molecule has 0 bridgehead atoms. The highest BCUT2D eigenvalue weighted by molar-refractivity contribution is 8.00. The Morgan fingerprint density at radius 2 is 1.92 bits per heavy atom. The quantitative estimate of drug-likeness (QED) is 0.671. The molecule has 1 aromatic heterocycles. The number of aromatic nitrogens is 2. The number of ether oxygens (including phenoxy) is 1. The second kappa shape index (κ2) is 8.30. The van der Waals surface area contributed by atoms with Gasteiger partial charge in [0.05, 0.1) is 11.9 Å². The van der Waals surface area contributed by atoms with E-state index >= 15 is 0 Å². The van der Waals surface area contributed by atoms with Crippen molar-refractivity contribution >= 4 is 23.4 Å². The van der Waals surface area contributed by atoms with E-state index in [1.807, 2.05) is 31.2 Å². The Morgan fingerprint density at radius 3 is 2.64 bits per heavy atom. The number of amides is 1. The van der Waals surface area contributed by atoms with Crippen LogP contribution in [-0.4, -0.2) is 21.6 Å². The maximum Gasteiger partial charge on any atom is 0.237 e. The summed E-state index contributed by atoms with van der Waals surface area (Å²) in [4.78, 5) is 21.2. The number of hydrogen-bond donors (Lipinski definition) is 1. The predicted molar refractivity (Wildman–Crippen MR) is 99.1 cm³/mol. The van der Waals surface area contributed by atoms with Crippen molar-refractivity contribution < 1.29 is 9.53 Å². The minimum Gasteiger partial charge on any atom is -0.438 e. The number of carbonyl (C=O) groups excluding carboxylic acids is 1. The summed E-state index contributed by atoms with van der Waals surface area (Å²) >= 11 is 1.53. The summed E-state index contributed by atoms with van der Waals surface area (Å²) in [5.74, 6) is 1.38. The van der Waals surface area contributed by atoms with E-state index < -0.39 is 0 Å². The van der Waals surface area contributed by atoms with Gasteiger partial charge < -0.3 is 10.1 Å². The van der Waals surface area contributed by atoms with Gasteiger partial charge in [0.15, 0.2) is 0 Å². The fraction of sp³-hybridized carbons (Fsp3) is 0.105. The van der Waals surface area contributed by atoms with Gasteiger partial charge in [0.1, 0.15) is 5.75 Å². The number of nitrogens with one attached hydrogen (secondary N) is 1. The van der Waals surface area contributed by atoms with Crippen LogP contribution in [0.4, 0.5) is 5.69 Å². The van der Waals surface area contributed by atoms with Gasteiger partial charge in [0.2, 0.25) is 11.8 Å². The van der Waals surface area contributed by atoms with Crippen LogP contribution in [-0.2, 0) is 4.79 Å². The van der Waals surface area contributed by atoms with E-state index in [0.29, 0.717) is 17.4 Å². The molecule has 1 N–H and O–H groups in total. The Bertz CT molecular complexity index is 839. The molecule has 0 aliphatic heterocycles. The summed E-state index contributed by atoms with van der Waals surface area (Å²) in [6.45, 7) is 2.04. The average molecular weight is 351 g/mol. The van der Waals surface area contributed by atoms with Crippen molar-refractivity contribution in [3.8, 4) is 11.6 Å². The topological polar surface area (TPSA) is 64.1 Å². The molecule has 0 atom stereocenters. The largest absolute Gasteiger partial charge is 0.438 e. The van der Waals surface area contributed by atoms with E-state index in [1.54, 1.807) is 42.9 Å². The lowest BCUT2D eigenvalue weighted by atomic mass is 10.2. The van der Waals surface area contributed by atoms with Gasteiger partial charge in [0, 0.05) is 23.0 Å². The second-order valence-electron chi connectivity index (χ2n) is 5.27. The number of rotatable bonds is 6. The molecular weight excluding hydrogens is 334 g/mol. The van der Waals surface area contributed by atoms with Crippen LogP contribution >= 0.6 is 11.8 Å². The van der Waals surface area contributed by atoms with Gasteiger partial charge in [0.25, 0.3) is 0 Å². The molecule has 0 fully saturated rings. The van der Waals surface area contributed by atoms with Gasteiger partial charge in [-0.15, -0.1) is 11.8 Å². The monoisotopic (exact) mass is 351 g/mol. The molecule has 2 aromatic carbocycles. The number of aryl methyl sites for hydroxylation is 1. The lowest BCUT2D eigenvalue weighted by Crippen LogP contribution is -2.13. The lowest BCUT2D eigenvalue weighted by Gasteiger charge is -2.08. The summed E-state index contributed by atoms with van der Waals surface area (Å²) in [6.07, 6.45) is 4.69. The SMILES string of the molecule is Cc1ccccc1SCC(=O)Nc1ccc(Oc2cnccn2)cc1. The summed E-state index contributed by atoms with van der Waals surface area (Å²) in [5, 5.41) is 2.88. The van der Waals surface area contributed by atoms with E-state index in [4.69, 9.17) is 4.74 Å². The normalized spacial score (nSPS) is 10.3. The molecule has 1 amide bonds. The molecule has 126 valence electrons. The van der Waals surface area contributed by atoms with Gasteiger partial charge >= 0.3 is 0 Å². The van der Waals surface area contributed by atoms with Crippen molar-refractivity contribution in [2.75, 3.05) is 11.1 Å². The Hall–Kier alpha value is -2.86. The van der Waals surface area contributed by atoms with Crippen molar-refractivity contribution in [2.45, 2.75) is 11.8 Å². The number of hydrogen-bond acceptors (Lipinski definition) is 5. The Kier molecular flexibility index (Phi) is 5.64.